The zero-order valence-corrected chi connectivity index (χ0v) is 28.6. The van der Waals surface area contributed by atoms with E-state index in [0.29, 0.717) is 12.8 Å². The highest BCUT2D eigenvalue weighted by Crippen LogP contribution is 2.16. The van der Waals surface area contributed by atoms with E-state index in [1.165, 1.54) is 72.8 Å². The van der Waals surface area contributed by atoms with Crippen LogP contribution in [0.1, 0.15) is 44.7 Å². The SMILES string of the molecule is Cc1ccc(S(=O)(=O)NC(=O)Nc2cccc(C(=O)OCCCCOC(=O)c3cccc(NC(=O)NS(=O)(=O)c4ccc(C)cc4)c3)c2)cc1. The number of benzene rings is 4. The number of esters is 2. The van der Waals surface area contributed by atoms with Crippen LogP contribution in [0.4, 0.5) is 21.0 Å². The van der Waals surface area contributed by atoms with Gasteiger partial charge in [0.2, 0.25) is 0 Å². The number of nitrogens with one attached hydrogen (secondary N) is 4. The Morgan fingerprint density at radius 3 is 1.26 bits per heavy atom. The van der Waals surface area contributed by atoms with Gasteiger partial charge in [0.1, 0.15) is 0 Å². The molecule has 4 aromatic carbocycles. The number of urea groups is 2. The van der Waals surface area contributed by atoms with Gasteiger partial charge in [-0.2, -0.15) is 0 Å². The first-order valence-corrected chi connectivity index (χ1v) is 18.0. The van der Waals surface area contributed by atoms with Crippen molar-refractivity contribution >= 4 is 55.4 Å². The van der Waals surface area contributed by atoms with Crippen LogP contribution in [0.15, 0.2) is 107 Å². The molecule has 50 heavy (non-hydrogen) atoms. The Bertz CT molecular complexity index is 1930. The first kappa shape index (κ1) is 37.1. The van der Waals surface area contributed by atoms with Crippen molar-refractivity contribution in [1.82, 2.24) is 9.44 Å². The first-order valence-electron chi connectivity index (χ1n) is 15.1. The molecule has 0 spiro atoms. The largest absolute Gasteiger partial charge is 0.462 e. The summed E-state index contributed by atoms with van der Waals surface area (Å²) < 4.78 is 64.1. The third-order valence-corrected chi connectivity index (χ3v) is 9.53. The molecule has 0 fully saturated rings. The van der Waals surface area contributed by atoms with Crippen molar-refractivity contribution in [3.63, 3.8) is 0 Å². The average Bonchev–Trinajstić information content (AvgIpc) is 3.06. The molecule has 0 unspecified atom stereocenters. The molecule has 0 saturated carbocycles. The number of unbranched alkanes of at least 4 members (excludes halogenated alkanes) is 1. The molecular formula is C34H34N4O10S2. The van der Waals surface area contributed by atoms with E-state index in [1.54, 1.807) is 38.1 Å². The number of sulfonamides is 2. The second-order valence-corrected chi connectivity index (χ2v) is 14.3. The summed E-state index contributed by atoms with van der Waals surface area (Å²) in [6.07, 6.45) is 0.709. The minimum absolute atomic E-state index is 0.00331. The molecule has 262 valence electrons. The fourth-order valence-electron chi connectivity index (χ4n) is 4.26. The molecule has 4 aromatic rings. The van der Waals surface area contributed by atoms with Crippen molar-refractivity contribution < 1.29 is 45.5 Å². The van der Waals surface area contributed by atoms with Crippen LogP contribution in [0.25, 0.3) is 0 Å². The molecule has 0 bridgehead atoms. The molecule has 0 heterocycles. The number of hydrogen-bond acceptors (Lipinski definition) is 10. The van der Waals surface area contributed by atoms with E-state index in [0.717, 1.165) is 11.1 Å². The number of anilines is 2. The number of carbonyl (C=O) groups is 4. The molecule has 0 aromatic heterocycles. The number of rotatable bonds is 13. The summed E-state index contributed by atoms with van der Waals surface area (Å²) in [7, 11) is -8.21. The molecular weight excluding hydrogens is 689 g/mol. The van der Waals surface area contributed by atoms with Gasteiger partial charge in [-0.3, -0.25) is 0 Å². The Morgan fingerprint density at radius 1 is 0.540 bits per heavy atom. The number of hydrogen-bond donors (Lipinski definition) is 4. The molecule has 0 radical (unpaired) electrons. The van der Waals surface area contributed by atoms with Gasteiger partial charge in [0.25, 0.3) is 20.0 Å². The van der Waals surface area contributed by atoms with Crippen LogP contribution in [0.3, 0.4) is 0 Å². The predicted octanol–water partition coefficient (Wildman–Crippen LogP) is 5.12. The highest BCUT2D eigenvalue weighted by molar-refractivity contribution is 7.90. The van der Waals surface area contributed by atoms with Gasteiger partial charge in [-0.25, -0.2) is 45.5 Å². The third kappa shape index (κ3) is 10.9. The summed E-state index contributed by atoms with van der Waals surface area (Å²) in [6.45, 7) is 3.61. The third-order valence-electron chi connectivity index (χ3n) is 6.83. The van der Waals surface area contributed by atoms with Gasteiger partial charge in [0.15, 0.2) is 0 Å². The number of amides is 4. The van der Waals surface area contributed by atoms with Crippen LogP contribution >= 0.6 is 0 Å². The van der Waals surface area contributed by atoms with Gasteiger partial charge in [0, 0.05) is 11.4 Å². The monoisotopic (exact) mass is 722 g/mol. The standard InChI is InChI=1S/C34H34N4O10S2/c1-23-11-15-29(16-12-23)49(43,44)37-33(41)35-27-9-5-7-25(21-27)31(39)47-19-3-4-20-48-32(40)26-8-6-10-28(22-26)36-34(42)38-50(45,46)30-17-13-24(2)14-18-30/h5-18,21-22H,3-4,19-20H2,1-2H3,(H2,35,37,41)(H2,36,38,42). The van der Waals surface area contributed by atoms with E-state index in [4.69, 9.17) is 9.47 Å². The van der Waals surface area contributed by atoms with Crippen molar-refractivity contribution in [3.8, 4) is 0 Å². The van der Waals surface area contributed by atoms with Crippen molar-refractivity contribution in [2.75, 3.05) is 23.8 Å². The fraction of sp³-hybridized carbons (Fsp3) is 0.176. The van der Waals surface area contributed by atoms with E-state index < -0.39 is 44.0 Å². The lowest BCUT2D eigenvalue weighted by Gasteiger charge is -2.11. The van der Waals surface area contributed by atoms with Gasteiger partial charge in [0.05, 0.1) is 34.1 Å². The van der Waals surface area contributed by atoms with Crippen LogP contribution < -0.4 is 20.1 Å². The number of aryl methyl sites for hydroxylation is 2. The lowest BCUT2D eigenvalue weighted by Crippen LogP contribution is -2.34. The summed E-state index contributed by atoms with van der Waals surface area (Å²) in [4.78, 5) is 49.5. The molecule has 0 aliphatic carbocycles. The zero-order chi connectivity index (χ0) is 36.3. The van der Waals surface area contributed by atoms with E-state index in [-0.39, 0.29) is 45.5 Å². The summed E-state index contributed by atoms with van der Waals surface area (Å²) >= 11 is 0. The van der Waals surface area contributed by atoms with E-state index in [9.17, 15) is 36.0 Å². The molecule has 16 heteroatoms. The lowest BCUT2D eigenvalue weighted by molar-refractivity contribution is 0.0432. The second kappa shape index (κ2) is 16.6. The first-order chi connectivity index (χ1) is 23.7. The molecule has 0 aliphatic rings. The van der Waals surface area contributed by atoms with Crippen LogP contribution in [-0.4, -0.2) is 54.1 Å². The molecule has 0 atom stereocenters. The van der Waals surface area contributed by atoms with Crippen molar-refractivity contribution in [2.45, 2.75) is 36.5 Å². The Labute approximate surface area is 289 Å². The van der Waals surface area contributed by atoms with Crippen LogP contribution in [0.2, 0.25) is 0 Å². The van der Waals surface area contributed by atoms with Crippen LogP contribution in [0.5, 0.6) is 0 Å². The Hall–Kier alpha value is -5.74. The van der Waals surface area contributed by atoms with Gasteiger partial charge in [-0.1, -0.05) is 47.5 Å². The van der Waals surface area contributed by atoms with E-state index >= 15 is 0 Å². The molecule has 0 aliphatic heterocycles. The summed E-state index contributed by atoms with van der Waals surface area (Å²) in [5.41, 5.74) is 2.27. The maximum Gasteiger partial charge on any atom is 0.338 e. The molecule has 0 saturated heterocycles. The summed E-state index contributed by atoms with van der Waals surface area (Å²) in [5.74, 6) is -1.36. The highest BCUT2D eigenvalue weighted by Gasteiger charge is 2.19. The number of ether oxygens (including phenoxy) is 2. The van der Waals surface area contributed by atoms with Crippen LogP contribution in [-0.2, 0) is 29.5 Å². The minimum atomic E-state index is -4.11. The number of carbonyl (C=O) groups excluding carboxylic acids is 4. The van der Waals surface area contributed by atoms with Crippen molar-refractivity contribution in [3.05, 3.63) is 119 Å². The topological polar surface area (TPSA) is 203 Å². The average molecular weight is 723 g/mol. The molecule has 14 nitrogen and oxygen atoms in total. The Balaban J connectivity index is 1.17. The smallest absolute Gasteiger partial charge is 0.338 e. The van der Waals surface area contributed by atoms with Crippen molar-refractivity contribution in [1.29, 1.82) is 0 Å². The summed E-state index contributed by atoms with van der Waals surface area (Å²) in [5, 5.41) is 4.76. The minimum Gasteiger partial charge on any atom is -0.462 e. The molecule has 4 amide bonds. The quantitative estimate of drug-likeness (QED) is 0.106. The van der Waals surface area contributed by atoms with Gasteiger partial charge < -0.3 is 20.1 Å². The maximum atomic E-state index is 12.5. The van der Waals surface area contributed by atoms with Crippen molar-refractivity contribution in [2.24, 2.45) is 0 Å². The molecule has 4 rings (SSSR count). The van der Waals surface area contributed by atoms with E-state index in [2.05, 4.69) is 10.6 Å². The van der Waals surface area contributed by atoms with Crippen LogP contribution in [0, 0.1) is 13.8 Å². The predicted molar refractivity (Wildman–Crippen MR) is 184 cm³/mol. The van der Waals surface area contributed by atoms with E-state index in [1.807, 2.05) is 9.44 Å². The lowest BCUT2D eigenvalue weighted by atomic mass is 10.2. The second-order valence-electron chi connectivity index (χ2n) is 10.9. The van der Waals surface area contributed by atoms with Gasteiger partial charge >= 0.3 is 24.0 Å². The maximum absolute atomic E-state index is 12.5. The molecule has 4 N–H and O–H groups in total. The Kier molecular flexibility index (Phi) is 12.3. The summed E-state index contributed by atoms with van der Waals surface area (Å²) in [6, 6.07) is 21.4. The Morgan fingerprint density at radius 2 is 0.900 bits per heavy atom. The zero-order valence-electron chi connectivity index (χ0n) is 27.0. The fourth-order valence-corrected chi connectivity index (χ4v) is 6.07. The van der Waals surface area contributed by atoms with Gasteiger partial charge in [-0.05, 0) is 87.4 Å². The highest BCUT2D eigenvalue weighted by atomic mass is 32.2. The van der Waals surface area contributed by atoms with Gasteiger partial charge in [-0.15, -0.1) is 0 Å². The normalized spacial score (nSPS) is 11.2.